The highest BCUT2D eigenvalue weighted by atomic mass is 79.9. The first kappa shape index (κ1) is 12.7. The Hall–Kier alpha value is -2.27. The molecule has 98 valence electrons. The van der Waals surface area contributed by atoms with Gasteiger partial charge in [0.2, 0.25) is 0 Å². The molecule has 1 aliphatic rings. The maximum absolute atomic E-state index is 12.4. The molecule has 0 unspecified atom stereocenters. The van der Waals surface area contributed by atoms with E-state index in [0.717, 1.165) is 9.37 Å². The van der Waals surface area contributed by atoms with E-state index in [4.69, 9.17) is 0 Å². The zero-order valence-corrected chi connectivity index (χ0v) is 11.8. The lowest BCUT2D eigenvalue weighted by atomic mass is 10.1. The topological polar surface area (TPSA) is 54.5 Å². The van der Waals surface area contributed by atoms with Crippen molar-refractivity contribution in [3.05, 3.63) is 63.6 Å². The van der Waals surface area contributed by atoms with Crippen LogP contribution in [0.25, 0.3) is 0 Å². The number of carbonyl (C=O) groups excluding carboxylic acids is 3. The molecule has 5 heteroatoms. The van der Waals surface area contributed by atoms with Gasteiger partial charge in [0.05, 0.1) is 16.8 Å². The van der Waals surface area contributed by atoms with Crippen LogP contribution in [0.5, 0.6) is 0 Å². The minimum Gasteiger partial charge on any atom is -0.298 e. The van der Waals surface area contributed by atoms with Crippen LogP contribution in [0.15, 0.2) is 46.9 Å². The first-order valence-electron chi connectivity index (χ1n) is 5.85. The number of carbonyl (C=O) groups is 3. The number of fused-ring (bicyclic) bond motifs is 1. The molecule has 20 heavy (non-hydrogen) atoms. The molecule has 0 radical (unpaired) electrons. The van der Waals surface area contributed by atoms with Gasteiger partial charge >= 0.3 is 0 Å². The number of benzene rings is 2. The van der Waals surface area contributed by atoms with Crippen LogP contribution in [0.3, 0.4) is 0 Å². The largest absolute Gasteiger partial charge is 0.298 e. The van der Waals surface area contributed by atoms with Gasteiger partial charge in [0, 0.05) is 10.0 Å². The molecule has 0 bridgehead atoms. The van der Waals surface area contributed by atoms with Gasteiger partial charge in [-0.05, 0) is 30.3 Å². The smallest absolute Gasteiger partial charge is 0.266 e. The number of nitrogens with zero attached hydrogens (tertiary/aromatic N) is 1. The van der Waals surface area contributed by atoms with Gasteiger partial charge in [-0.2, -0.15) is 0 Å². The Morgan fingerprint density at radius 1 is 0.950 bits per heavy atom. The molecular formula is C15H8BrNO3. The van der Waals surface area contributed by atoms with Crippen molar-refractivity contribution < 1.29 is 14.4 Å². The summed E-state index contributed by atoms with van der Waals surface area (Å²) < 4.78 is 0.737. The summed E-state index contributed by atoms with van der Waals surface area (Å²) in [5.74, 6) is -0.755. The Morgan fingerprint density at radius 2 is 1.70 bits per heavy atom. The molecule has 3 rings (SSSR count). The summed E-state index contributed by atoms with van der Waals surface area (Å²) in [6.45, 7) is 0. The highest BCUT2D eigenvalue weighted by Gasteiger charge is 2.36. The summed E-state index contributed by atoms with van der Waals surface area (Å²) in [6.07, 6.45) is 0.679. The fraction of sp³-hybridized carbons (Fsp3) is 0. The third kappa shape index (κ3) is 1.87. The van der Waals surface area contributed by atoms with Crippen molar-refractivity contribution >= 4 is 39.7 Å². The Morgan fingerprint density at radius 3 is 2.45 bits per heavy atom. The first-order valence-corrected chi connectivity index (χ1v) is 6.64. The lowest BCUT2D eigenvalue weighted by Gasteiger charge is -2.13. The molecule has 0 N–H and O–H groups in total. The lowest BCUT2D eigenvalue weighted by molar-refractivity contribution is 0.0925. The van der Waals surface area contributed by atoms with Crippen molar-refractivity contribution in [2.75, 3.05) is 4.90 Å². The van der Waals surface area contributed by atoms with Gasteiger partial charge in [0.1, 0.15) is 6.29 Å². The van der Waals surface area contributed by atoms with Crippen LogP contribution < -0.4 is 4.90 Å². The fourth-order valence-corrected chi connectivity index (χ4v) is 2.55. The van der Waals surface area contributed by atoms with Crippen molar-refractivity contribution in [1.29, 1.82) is 0 Å². The number of halogens is 1. The molecule has 1 aliphatic heterocycles. The minimum atomic E-state index is -0.380. The quantitative estimate of drug-likeness (QED) is 0.628. The summed E-state index contributed by atoms with van der Waals surface area (Å²) in [7, 11) is 0. The van der Waals surface area contributed by atoms with E-state index >= 15 is 0 Å². The van der Waals surface area contributed by atoms with E-state index < -0.39 is 0 Å². The Kier molecular flexibility index (Phi) is 2.99. The molecule has 0 atom stereocenters. The molecule has 2 amide bonds. The van der Waals surface area contributed by atoms with Crippen molar-refractivity contribution in [3.8, 4) is 0 Å². The second-order valence-corrected chi connectivity index (χ2v) is 5.26. The molecule has 0 aliphatic carbocycles. The summed E-state index contributed by atoms with van der Waals surface area (Å²) in [5, 5.41) is 0. The Bertz CT molecular complexity index is 755. The number of anilines is 1. The molecule has 0 aromatic heterocycles. The van der Waals surface area contributed by atoms with E-state index in [9.17, 15) is 14.4 Å². The molecule has 0 saturated carbocycles. The molecule has 1 heterocycles. The number of imide groups is 1. The van der Waals surface area contributed by atoms with Crippen LogP contribution in [-0.2, 0) is 0 Å². The predicted octanol–water partition coefficient (Wildman–Crippen LogP) is 3.06. The average molecular weight is 330 g/mol. The van der Waals surface area contributed by atoms with Crippen molar-refractivity contribution in [2.24, 2.45) is 0 Å². The van der Waals surface area contributed by atoms with Gasteiger partial charge in [-0.3, -0.25) is 14.4 Å². The molecule has 4 nitrogen and oxygen atoms in total. The summed E-state index contributed by atoms with van der Waals surface area (Å²) in [4.78, 5) is 36.6. The maximum atomic E-state index is 12.4. The summed E-state index contributed by atoms with van der Waals surface area (Å²) in [6, 6.07) is 11.4. The second-order valence-electron chi connectivity index (χ2n) is 4.35. The summed E-state index contributed by atoms with van der Waals surface area (Å²) in [5.41, 5.74) is 1.55. The van der Waals surface area contributed by atoms with Crippen LogP contribution in [-0.4, -0.2) is 18.1 Å². The van der Waals surface area contributed by atoms with Crippen LogP contribution in [0.4, 0.5) is 5.69 Å². The normalized spacial score (nSPS) is 13.6. The van der Waals surface area contributed by atoms with Crippen molar-refractivity contribution in [1.82, 2.24) is 0 Å². The van der Waals surface area contributed by atoms with Crippen LogP contribution in [0, 0.1) is 0 Å². The van der Waals surface area contributed by atoms with Crippen LogP contribution in [0.2, 0.25) is 0 Å². The van der Waals surface area contributed by atoms with E-state index in [1.165, 1.54) is 6.07 Å². The average Bonchev–Trinajstić information content (AvgIpc) is 2.70. The summed E-state index contributed by atoms with van der Waals surface area (Å²) >= 11 is 3.28. The molecule has 2 aromatic rings. The maximum Gasteiger partial charge on any atom is 0.266 e. The highest BCUT2D eigenvalue weighted by Crippen LogP contribution is 2.30. The second kappa shape index (κ2) is 4.68. The molecule has 0 saturated heterocycles. The van der Waals surface area contributed by atoms with E-state index in [1.54, 1.807) is 36.4 Å². The molecule has 0 spiro atoms. The van der Waals surface area contributed by atoms with Gasteiger partial charge in [-0.15, -0.1) is 0 Å². The zero-order chi connectivity index (χ0) is 14.3. The fourth-order valence-electron chi connectivity index (χ4n) is 2.18. The number of hydrogen-bond acceptors (Lipinski definition) is 3. The van der Waals surface area contributed by atoms with Gasteiger partial charge in [-0.25, -0.2) is 4.90 Å². The standard InChI is InChI=1S/C15H8BrNO3/c16-10-4-5-12-13(7-10)15(20)17(14(12)19)11-3-1-2-9(6-11)8-18/h1-8H. The van der Waals surface area contributed by atoms with E-state index in [0.29, 0.717) is 28.7 Å². The molecular weight excluding hydrogens is 322 g/mol. The Labute approximate surface area is 123 Å². The Balaban J connectivity index is 2.11. The third-order valence-corrected chi connectivity index (χ3v) is 3.61. The third-order valence-electron chi connectivity index (χ3n) is 3.11. The number of aldehydes is 1. The minimum absolute atomic E-state index is 0.362. The molecule has 2 aromatic carbocycles. The lowest BCUT2D eigenvalue weighted by Crippen LogP contribution is -2.29. The highest BCUT2D eigenvalue weighted by molar-refractivity contribution is 9.10. The van der Waals surface area contributed by atoms with E-state index in [2.05, 4.69) is 15.9 Å². The van der Waals surface area contributed by atoms with Crippen LogP contribution in [0.1, 0.15) is 31.1 Å². The van der Waals surface area contributed by atoms with Gasteiger partial charge in [-0.1, -0.05) is 28.1 Å². The SMILES string of the molecule is O=Cc1cccc(N2C(=O)c3ccc(Br)cc3C2=O)c1. The number of hydrogen-bond donors (Lipinski definition) is 0. The van der Waals surface area contributed by atoms with Gasteiger partial charge in [0.15, 0.2) is 0 Å². The van der Waals surface area contributed by atoms with Gasteiger partial charge in [0.25, 0.3) is 11.8 Å². The van der Waals surface area contributed by atoms with Crippen molar-refractivity contribution in [2.45, 2.75) is 0 Å². The van der Waals surface area contributed by atoms with Gasteiger partial charge < -0.3 is 0 Å². The zero-order valence-electron chi connectivity index (χ0n) is 10.2. The van der Waals surface area contributed by atoms with Crippen molar-refractivity contribution in [3.63, 3.8) is 0 Å². The predicted molar refractivity (Wildman–Crippen MR) is 77.1 cm³/mol. The first-order chi connectivity index (χ1) is 9.61. The number of amides is 2. The van der Waals surface area contributed by atoms with Crippen LogP contribution >= 0.6 is 15.9 Å². The monoisotopic (exact) mass is 329 g/mol. The van der Waals surface area contributed by atoms with E-state index in [1.807, 2.05) is 0 Å². The number of rotatable bonds is 2. The van der Waals surface area contributed by atoms with E-state index in [-0.39, 0.29) is 11.8 Å². The molecule has 0 fully saturated rings.